The maximum atomic E-state index is 5.80. The number of rotatable bonds is 7. The highest BCUT2D eigenvalue weighted by Gasteiger charge is 2.31. The molecule has 1 aromatic carbocycles. The first kappa shape index (κ1) is 13.3. The predicted molar refractivity (Wildman–Crippen MR) is 77.8 cm³/mol. The lowest BCUT2D eigenvalue weighted by molar-refractivity contribution is 0.413. The Morgan fingerprint density at radius 1 is 1.25 bits per heavy atom. The van der Waals surface area contributed by atoms with Gasteiger partial charge in [0, 0.05) is 6.42 Å². The van der Waals surface area contributed by atoms with Crippen LogP contribution in [-0.2, 0) is 12.8 Å². The highest BCUT2D eigenvalue weighted by atomic mass is 16.4. The van der Waals surface area contributed by atoms with E-state index in [0.717, 1.165) is 44.1 Å². The molecule has 0 bridgehead atoms. The summed E-state index contributed by atoms with van der Waals surface area (Å²) in [4.78, 5) is 0. The Hall–Kier alpha value is -1.68. The van der Waals surface area contributed by atoms with Crippen LogP contribution in [0.2, 0.25) is 0 Å². The molecule has 0 saturated heterocycles. The van der Waals surface area contributed by atoms with Crippen molar-refractivity contribution in [1.29, 1.82) is 0 Å². The summed E-state index contributed by atoms with van der Waals surface area (Å²) in [5.74, 6) is 1.86. The molecule has 1 atom stereocenters. The van der Waals surface area contributed by atoms with Gasteiger partial charge in [-0.05, 0) is 43.5 Å². The van der Waals surface area contributed by atoms with Crippen LogP contribution in [-0.4, -0.2) is 23.3 Å². The van der Waals surface area contributed by atoms with Crippen LogP contribution in [0.15, 0.2) is 28.7 Å². The Morgan fingerprint density at radius 2 is 2.15 bits per heavy atom. The number of nitrogens with zero attached hydrogens (tertiary/aromatic N) is 2. The van der Waals surface area contributed by atoms with Crippen molar-refractivity contribution in [2.75, 3.05) is 13.1 Å². The molecule has 4 heteroatoms. The molecule has 1 aliphatic rings. The molecule has 3 rings (SSSR count). The van der Waals surface area contributed by atoms with Crippen molar-refractivity contribution in [2.24, 2.45) is 0 Å². The number of fused-ring (bicyclic) bond motifs is 1. The second kappa shape index (κ2) is 6.18. The lowest BCUT2D eigenvalue weighted by Crippen LogP contribution is -2.18. The Kier molecular flexibility index (Phi) is 4.11. The van der Waals surface area contributed by atoms with E-state index in [1.54, 1.807) is 0 Å². The molecule has 0 fully saturated rings. The zero-order valence-electron chi connectivity index (χ0n) is 11.9. The van der Waals surface area contributed by atoms with Crippen molar-refractivity contribution in [2.45, 2.75) is 38.5 Å². The molecule has 0 radical (unpaired) electrons. The zero-order valence-corrected chi connectivity index (χ0v) is 11.9. The van der Waals surface area contributed by atoms with Crippen LogP contribution in [0.1, 0.15) is 48.6 Å². The van der Waals surface area contributed by atoms with E-state index >= 15 is 0 Å². The summed E-state index contributed by atoms with van der Waals surface area (Å²) >= 11 is 0. The number of hydrogen-bond donors (Lipinski definition) is 1. The summed E-state index contributed by atoms with van der Waals surface area (Å²) in [5, 5.41) is 11.8. The van der Waals surface area contributed by atoms with Gasteiger partial charge < -0.3 is 9.73 Å². The molecule has 0 saturated carbocycles. The van der Waals surface area contributed by atoms with Gasteiger partial charge in [0.15, 0.2) is 0 Å². The number of benzene rings is 1. The van der Waals surface area contributed by atoms with Crippen LogP contribution in [0.4, 0.5) is 0 Å². The van der Waals surface area contributed by atoms with E-state index in [1.165, 1.54) is 17.5 Å². The van der Waals surface area contributed by atoms with Gasteiger partial charge in [-0.25, -0.2) is 0 Å². The molecule has 0 amide bonds. The minimum Gasteiger partial charge on any atom is -0.425 e. The van der Waals surface area contributed by atoms with Crippen LogP contribution >= 0.6 is 0 Å². The maximum Gasteiger partial charge on any atom is 0.224 e. The first-order chi connectivity index (χ1) is 9.88. The van der Waals surface area contributed by atoms with Crippen LogP contribution < -0.4 is 5.32 Å². The molecule has 0 aliphatic heterocycles. The van der Waals surface area contributed by atoms with Gasteiger partial charge in [0.2, 0.25) is 11.8 Å². The fourth-order valence-electron chi connectivity index (χ4n) is 2.65. The number of hydrogen-bond acceptors (Lipinski definition) is 4. The first-order valence-corrected chi connectivity index (χ1v) is 7.49. The lowest BCUT2D eigenvalue weighted by atomic mass is 9.77. The van der Waals surface area contributed by atoms with Gasteiger partial charge >= 0.3 is 0 Å². The Labute approximate surface area is 119 Å². The second-order valence-corrected chi connectivity index (χ2v) is 5.34. The average Bonchev–Trinajstić information content (AvgIpc) is 2.88. The van der Waals surface area contributed by atoms with Gasteiger partial charge in [0.25, 0.3) is 0 Å². The van der Waals surface area contributed by atoms with Crippen molar-refractivity contribution >= 4 is 0 Å². The predicted octanol–water partition coefficient (Wildman–Crippen LogP) is 2.69. The van der Waals surface area contributed by atoms with Gasteiger partial charge in [0.1, 0.15) is 0 Å². The van der Waals surface area contributed by atoms with E-state index in [1.807, 2.05) is 0 Å². The van der Waals surface area contributed by atoms with Gasteiger partial charge in [-0.2, -0.15) is 0 Å². The van der Waals surface area contributed by atoms with Gasteiger partial charge in [-0.15, -0.1) is 10.2 Å². The molecule has 0 spiro atoms. The third-order valence-electron chi connectivity index (χ3n) is 3.81. The van der Waals surface area contributed by atoms with Crippen molar-refractivity contribution in [1.82, 2.24) is 15.5 Å². The largest absolute Gasteiger partial charge is 0.425 e. The van der Waals surface area contributed by atoms with Crippen molar-refractivity contribution in [3.8, 4) is 0 Å². The van der Waals surface area contributed by atoms with Gasteiger partial charge in [-0.3, -0.25) is 0 Å². The summed E-state index contributed by atoms with van der Waals surface area (Å²) in [6.07, 6.45) is 4.10. The molecule has 1 unspecified atom stereocenters. The topological polar surface area (TPSA) is 51.0 Å². The molecular weight excluding hydrogens is 250 g/mol. The Bertz CT molecular complexity index is 564. The standard InChI is InChI=1S/C16H21N3O/c1-2-9-17-10-5-8-15-18-19-16(20-15)14-11-12-6-3-4-7-13(12)14/h3-4,6-7,14,17H,2,5,8-11H2,1H3. The first-order valence-electron chi connectivity index (χ1n) is 7.49. The summed E-state index contributed by atoms with van der Waals surface area (Å²) in [5.41, 5.74) is 2.74. The van der Waals surface area contributed by atoms with E-state index in [2.05, 4.69) is 46.7 Å². The van der Waals surface area contributed by atoms with Crippen molar-refractivity contribution < 1.29 is 4.42 Å². The quantitative estimate of drug-likeness (QED) is 0.787. The maximum absolute atomic E-state index is 5.80. The molecule has 20 heavy (non-hydrogen) atoms. The Balaban J connectivity index is 1.53. The second-order valence-electron chi connectivity index (χ2n) is 5.34. The number of nitrogens with one attached hydrogen (secondary N) is 1. The number of aryl methyl sites for hydroxylation is 1. The molecule has 1 aliphatic carbocycles. The highest BCUT2D eigenvalue weighted by molar-refractivity contribution is 5.43. The van der Waals surface area contributed by atoms with E-state index in [-0.39, 0.29) is 0 Å². The molecule has 4 nitrogen and oxygen atoms in total. The van der Waals surface area contributed by atoms with E-state index < -0.39 is 0 Å². The lowest BCUT2D eigenvalue weighted by Gasteiger charge is -2.26. The van der Waals surface area contributed by atoms with Crippen LogP contribution in [0.25, 0.3) is 0 Å². The van der Waals surface area contributed by atoms with Crippen LogP contribution in [0.3, 0.4) is 0 Å². The molecule has 1 N–H and O–H groups in total. The third kappa shape index (κ3) is 2.75. The van der Waals surface area contributed by atoms with E-state index in [9.17, 15) is 0 Å². The summed E-state index contributed by atoms with van der Waals surface area (Å²) in [6.45, 7) is 4.26. The van der Waals surface area contributed by atoms with Crippen molar-refractivity contribution in [3.05, 3.63) is 47.2 Å². The summed E-state index contributed by atoms with van der Waals surface area (Å²) in [7, 11) is 0. The molecule has 1 aromatic heterocycles. The molecule has 1 heterocycles. The number of aromatic nitrogens is 2. The summed E-state index contributed by atoms with van der Waals surface area (Å²) in [6, 6.07) is 8.48. The normalized spacial score (nSPS) is 16.8. The Morgan fingerprint density at radius 3 is 3.00 bits per heavy atom. The minimum absolute atomic E-state index is 0.311. The smallest absolute Gasteiger partial charge is 0.224 e. The monoisotopic (exact) mass is 271 g/mol. The van der Waals surface area contributed by atoms with Crippen LogP contribution in [0, 0.1) is 0 Å². The molecule has 2 aromatic rings. The van der Waals surface area contributed by atoms with Crippen molar-refractivity contribution in [3.63, 3.8) is 0 Å². The van der Waals surface area contributed by atoms with Gasteiger partial charge in [0.05, 0.1) is 5.92 Å². The minimum atomic E-state index is 0.311. The van der Waals surface area contributed by atoms with Gasteiger partial charge in [-0.1, -0.05) is 31.2 Å². The van der Waals surface area contributed by atoms with E-state index in [4.69, 9.17) is 4.42 Å². The zero-order chi connectivity index (χ0) is 13.8. The van der Waals surface area contributed by atoms with Crippen LogP contribution in [0.5, 0.6) is 0 Å². The van der Waals surface area contributed by atoms with E-state index in [0.29, 0.717) is 5.92 Å². The third-order valence-corrected chi connectivity index (χ3v) is 3.81. The molecule has 106 valence electrons. The highest BCUT2D eigenvalue weighted by Crippen LogP contribution is 2.39. The summed E-state index contributed by atoms with van der Waals surface area (Å²) < 4.78 is 5.80. The fourth-order valence-corrected chi connectivity index (χ4v) is 2.65. The average molecular weight is 271 g/mol. The SMILES string of the molecule is CCCNCCCc1nnc(C2Cc3ccccc32)o1. The molecular formula is C16H21N3O. The fraction of sp³-hybridized carbons (Fsp3) is 0.500.